The smallest absolute Gasteiger partial charge is 0.314 e. The van der Waals surface area contributed by atoms with Crippen molar-refractivity contribution in [2.75, 3.05) is 26.4 Å². The first-order valence-corrected chi connectivity index (χ1v) is 23.4. The SMILES string of the molecule is C=C1CC23CC[C@@H]4[C@](C)(C(=O)OC5O[C@H](CO)[C@@H](O)[C@H](O)[C@H]5O)CCC[C@@]4(C)C2CC(O[C@@H]2O[C@H](CO)[C@@H](O)C(O[C@@H]4O[C@H](CO)[C@@H](O)[C@H](O)[C@H]4O)[C@H]2O[C@@H]2O[C@H](CO)[C@@H](O)[C@H](O)[C@H]2O)C1C3. The second kappa shape index (κ2) is 19.8. The average molecular weight is 967 g/mol. The molecular formula is C44H70O23. The lowest BCUT2D eigenvalue weighted by Gasteiger charge is -2.64. The zero-order valence-electron chi connectivity index (χ0n) is 37.5. The highest BCUT2D eigenvalue weighted by Gasteiger charge is 2.68. The highest BCUT2D eigenvalue weighted by molar-refractivity contribution is 5.77. The van der Waals surface area contributed by atoms with E-state index >= 15 is 0 Å². The standard InChI is InChI=1S/C44H70O23/c1-16-10-44-8-5-23-42(2,6-4-7-43(23,3)41(59)67-39-34(58)31(55)27(51)21(14-47)63-39)24(44)9-18(17(16)11-44)60-40-36(66-38-33(57)30(54)26(50)20(13-46)62-38)35(28(52)22(15-48)64-40)65-37-32(56)29(53)25(49)19(12-45)61-37/h17-40,45-58H,1,4-15H2,2-3H3/t17?,18?,19-,20-,21-,22-,23+,24?,25-,26-,27-,28-,29+,30+,31+,32-,33-,34-,35?,36-,37+,38+,39?,40-,42-,43-,44?/m1/s1. The Kier molecular flexibility index (Phi) is 15.3. The van der Waals surface area contributed by atoms with Crippen LogP contribution in [0.3, 0.4) is 0 Å². The summed E-state index contributed by atoms with van der Waals surface area (Å²) in [5.41, 5.74) is -0.989. The molecule has 0 amide bonds. The molecule has 14 N–H and O–H groups in total. The molecule has 4 saturated heterocycles. The quantitative estimate of drug-likeness (QED) is 0.0494. The van der Waals surface area contributed by atoms with E-state index in [1.807, 2.05) is 6.92 Å². The van der Waals surface area contributed by atoms with Crippen LogP contribution in [-0.4, -0.2) is 233 Å². The van der Waals surface area contributed by atoms with E-state index in [4.69, 9.17) is 37.9 Å². The summed E-state index contributed by atoms with van der Waals surface area (Å²) in [5, 5.41) is 148. The van der Waals surface area contributed by atoms with Crippen molar-refractivity contribution in [2.45, 2.75) is 194 Å². The second-order valence-electron chi connectivity index (χ2n) is 20.8. The highest BCUT2D eigenvalue weighted by Crippen LogP contribution is 2.72. The molecule has 0 aromatic carbocycles. The zero-order chi connectivity index (χ0) is 48.7. The fourth-order valence-corrected chi connectivity index (χ4v) is 13.4. The summed E-state index contributed by atoms with van der Waals surface area (Å²) < 4.78 is 48.1. The maximum absolute atomic E-state index is 14.4. The van der Waals surface area contributed by atoms with E-state index in [-0.39, 0.29) is 23.2 Å². The van der Waals surface area contributed by atoms with Crippen LogP contribution in [0.5, 0.6) is 0 Å². The first-order chi connectivity index (χ1) is 31.7. The Hall–Kier alpha value is -1.63. The molecule has 4 aliphatic heterocycles. The molecule has 27 atom stereocenters. The molecule has 4 saturated carbocycles. The molecule has 67 heavy (non-hydrogen) atoms. The number of rotatable bonds is 12. The number of esters is 1. The van der Waals surface area contributed by atoms with E-state index < -0.39 is 172 Å². The van der Waals surface area contributed by atoms with Crippen LogP contribution in [0.1, 0.15) is 65.2 Å². The van der Waals surface area contributed by atoms with Crippen LogP contribution in [-0.2, 0) is 42.7 Å². The number of hydrogen-bond donors (Lipinski definition) is 14. The van der Waals surface area contributed by atoms with E-state index in [1.165, 1.54) is 0 Å². The molecule has 8 rings (SSSR count). The molecule has 8 aliphatic rings. The Morgan fingerprint density at radius 3 is 1.60 bits per heavy atom. The third kappa shape index (κ3) is 8.83. The van der Waals surface area contributed by atoms with Crippen LogP contribution >= 0.6 is 0 Å². The molecule has 23 nitrogen and oxygen atoms in total. The summed E-state index contributed by atoms with van der Waals surface area (Å²) in [6.45, 7) is 5.29. The van der Waals surface area contributed by atoms with E-state index in [0.29, 0.717) is 44.9 Å². The van der Waals surface area contributed by atoms with Gasteiger partial charge < -0.3 is 109 Å². The van der Waals surface area contributed by atoms with Gasteiger partial charge in [-0.3, -0.25) is 4.79 Å². The van der Waals surface area contributed by atoms with Gasteiger partial charge in [-0.1, -0.05) is 25.5 Å². The van der Waals surface area contributed by atoms with Gasteiger partial charge >= 0.3 is 5.97 Å². The van der Waals surface area contributed by atoms with Crippen molar-refractivity contribution in [2.24, 2.45) is 34.0 Å². The third-order valence-electron chi connectivity index (χ3n) is 17.0. The molecule has 8 fully saturated rings. The van der Waals surface area contributed by atoms with Crippen molar-refractivity contribution < 1.29 is 114 Å². The van der Waals surface area contributed by atoms with Gasteiger partial charge in [0.2, 0.25) is 6.29 Å². The Balaban J connectivity index is 1.09. The number of carbonyl (C=O) groups is 1. The Morgan fingerprint density at radius 1 is 0.582 bits per heavy atom. The predicted molar refractivity (Wildman–Crippen MR) is 219 cm³/mol. The molecule has 4 aliphatic carbocycles. The van der Waals surface area contributed by atoms with Crippen molar-refractivity contribution in [1.82, 2.24) is 0 Å². The van der Waals surface area contributed by atoms with Crippen LogP contribution in [0.4, 0.5) is 0 Å². The first kappa shape index (κ1) is 51.7. The molecule has 23 heteroatoms. The average Bonchev–Trinajstić information content (AvgIpc) is 3.58. The largest absolute Gasteiger partial charge is 0.432 e. The van der Waals surface area contributed by atoms with Crippen LogP contribution in [0.15, 0.2) is 12.2 Å². The van der Waals surface area contributed by atoms with E-state index in [9.17, 15) is 76.3 Å². The molecule has 1 spiro atoms. The van der Waals surface area contributed by atoms with Gasteiger partial charge in [0.25, 0.3) is 0 Å². The molecule has 2 bridgehead atoms. The van der Waals surface area contributed by atoms with Gasteiger partial charge in [-0.15, -0.1) is 0 Å². The minimum absolute atomic E-state index is 0.118. The normalized spacial score (nSPS) is 54.5. The highest BCUT2D eigenvalue weighted by atomic mass is 16.8. The van der Waals surface area contributed by atoms with Gasteiger partial charge in [0.15, 0.2) is 18.9 Å². The molecule has 0 aromatic rings. The van der Waals surface area contributed by atoms with Crippen molar-refractivity contribution in [3.8, 4) is 0 Å². The lowest BCUT2D eigenvalue weighted by molar-refractivity contribution is -0.397. The monoisotopic (exact) mass is 966 g/mol. The van der Waals surface area contributed by atoms with E-state index in [1.54, 1.807) is 0 Å². The van der Waals surface area contributed by atoms with Gasteiger partial charge in [-0.05, 0) is 74.5 Å². The molecule has 0 aromatic heterocycles. The number of hydrogen-bond acceptors (Lipinski definition) is 23. The number of carbonyl (C=O) groups excluding carboxylic acids is 1. The summed E-state index contributed by atoms with van der Waals surface area (Å²) in [4.78, 5) is 14.4. The Bertz CT molecular complexity index is 1740. The summed E-state index contributed by atoms with van der Waals surface area (Å²) in [7, 11) is 0. The summed E-state index contributed by atoms with van der Waals surface area (Å²) in [5.74, 6) is -1.31. The minimum Gasteiger partial charge on any atom is -0.432 e. The molecule has 0 radical (unpaired) electrons. The third-order valence-corrected chi connectivity index (χ3v) is 17.0. The maximum Gasteiger partial charge on any atom is 0.314 e. The molecular weight excluding hydrogens is 896 g/mol. The van der Waals surface area contributed by atoms with Gasteiger partial charge in [-0.2, -0.15) is 0 Å². The van der Waals surface area contributed by atoms with Crippen LogP contribution in [0, 0.1) is 34.0 Å². The topological polar surface area (TPSA) is 374 Å². The van der Waals surface area contributed by atoms with Gasteiger partial charge in [0, 0.05) is 5.92 Å². The lowest BCUT2D eigenvalue weighted by Crippen LogP contribution is -2.67. The molecule has 384 valence electrons. The second-order valence-corrected chi connectivity index (χ2v) is 20.8. The van der Waals surface area contributed by atoms with Crippen molar-refractivity contribution in [3.05, 3.63) is 12.2 Å². The van der Waals surface area contributed by atoms with E-state index in [2.05, 4.69) is 13.5 Å². The number of aliphatic hydroxyl groups is 14. The Morgan fingerprint density at radius 2 is 1.06 bits per heavy atom. The Labute approximate surface area is 386 Å². The molecule has 4 heterocycles. The molecule has 6 unspecified atom stereocenters. The first-order valence-electron chi connectivity index (χ1n) is 23.4. The fourth-order valence-electron chi connectivity index (χ4n) is 13.4. The van der Waals surface area contributed by atoms with Gasteiger partial charge in [-0.25, -0.2) is 0 Å². The number of aliphatic hydroxyl groups excluding tert-OH is 14. The van der Waals surface area contributed by atoms with Crippen molar-refractivity contribution >= 4 is 5.97 Å². The number of ether oxygens (including phenoxy) is 8. The van der Waals surface area contributed by atoms with Gasteiger partial charge in [0.05, 0.1) is 37.9 Å². The zero-order valence-corrected chi connectivity index (χ0v) is 37.5. The van der Waals surface area contributed by atoms with Gasteiger partial charge in [0.1, 0.15) is 97.7 Å². The van der Waals surface area contributed by atoms with Crippen LogP contribution < -0.4 is 0 Å². The van der Waals surface area contributed by atoms with Crippen LogP contribution in [0.25, 0.3) is 0 Å². The number of fused-ring (bicyclic) bond motifs is 3. The van der Waals surface area contributed by atoms with Crippen LogP contribution in [0.2, 0.25) is 0 Å². The maximum atomic E-state index is 14.4. The summed E-state index contributed by atoms with van der Waals surface area (Å²) in [6, 6.07) is 0. The van der Waals surface area contributed by atoms with Crippen molar-refractivity contribution in [3.63, 3.8) is 0 Å². The summed E-state index contributed by atoms with van der Waals surface area (Å²) >= 11 is 0. The predicted octanol–water partition coefficient (Wildman–Crippen LogP) is -5.26. The van der Waals surface area contributed by atoms with E-state index in [0.717, 1.165) is 12.0 Å². The fraction of sp³-hybridized carbons (Fsp3) is 0.932. The minimum atomic E-state index is -1.96. The lowest BCUT2D eigenvalue weighted by atomic mass is 9.41. The van der Waals surface area contributed by atoms with Crippen molar-refractivity contribution in [1.29, 1.82) is 0 Å². The summed E-state index contributed by atoms with van der Waals surface area (Å²) in [6.07, 6.45) is -30.2.